The second-order valence-electron chi connectivity index (χ2n) is 4.97. The molecule has 1 aromatic rings. The summed E-state index contributed by atoms with van der Waals surface area (Å²) in [7, 11) is 0. The molecule has 0 saturated carbocycles. The number of piperidine rings is 1. The molecule has 1 aromatic carbocycles. The SMILES string of the molecule is NCC#Cc1ccccc1CN1CCCCC1CO. The molecular formula is C16H22N2O. The van der Waals surface area contributed by atoms with Crippen LogP contribution >= 0.6 is 0 Å². The number of rotatable bonds is 3. The van der Waals surface area contributed by atoms with Crippen LogP contribution in [0.3, 0.4) is 0 Å². The molecule has 3 nitrogen and oxygen atoms in total. The van der Waals surface area contributed by atoms with Crippen molar-refractivity contribution in [3.05, 3.63) is 35.4 Å². The lowest BCUT2D eigenvalue weighted by molar-refractivity contribution is 0.0840. The molecule has 0 radical (unpaired) electrons. The summed E-state index contributed by atoms with van der Waals surface area (Å²) in [6.45, 7) is 2.55. The van der Waals surface area contributed by atoms with E-state index in [9.17, 15) is 5.11 Å². The Labute approximate surface area is 115 Å². The zero-order valence-electron chi connectivity index (χ0n) is 11.3. The van der Waals surface area contributed by atoms with Gasteiger partial charge in [-0.2, -0.15) is 0 Å². The molecule has 1 heterocycles. The fourth-order valence-electron chi connectivity index (χ4n) is 2.62. The summed E-state index contributed by atoms with van der Waals surface area (Å²) in [6.07, 6.45) is 3.52. The number of aliphatic hydroxyl groups is 1. The van der Waals surface area contributed by atoms with E-state index in [2.05, 4.69) is 22.8 Å². The van der Waals surface area contributed by atoms with Gasteiger partial charge >= 0.3 is 0 Å². The van der Waals surface area contributed by atoms with Crippen molar-refractivity contribution in [2.24, 2.45) is 5.73 Å². The maximum absolute atomic E-state index is 9.46. The van der Waals surface area contributed by atoms with Gasteiger partial charge in [-0.25, -0.2) is 0 Å². The fraction of sp³-hybridized carbons (Fsp3) is 0.500. The number of likely N-dealkylation sites (tertiary alicyclic amines) is 1. The van der Waals surface area contributed by atoms with Gasteiger partial charge in [0.05, 0.1) is 13.2 Å². The Morgan fingerprint density at radius 3 is 2.95 bits per heavy atom. The second-order valence-corrected chi connectivity index (χ2v) is 4.97. The van der Waals surface area contributed by atoms with E-state index in [0.29, 0.717) is 12.6 Å². The lowest BCUT2D eigenvalue weighted by atomic mass is 10.0. The second kappa shape index (κ2) is 7.30. The Kier molecular flexibility index (Phi) is 5.41. The summed E-state index contributed by atoms with van der Waals surface area (Å²) in [5.74, 6) is 6.05. The van der Waals surface area contributed by atoms with E-state index in [-0.39, 0.29) is 6.61 Å². The number of hydrogen-bond acceptors (Lipinski definition) is 3. The summed E-state index contributed by atoms with van der Waals surface area (Å²) in [5.41, 5.74) is 7.71. The Morgan fingerprint density at radius 1 is 1.32 bits per heavy atom. The van der Waals surface area contributed by atoms with E-state index in [0.717, 1.165) is 25.1 Å². The molecule has 3 N–H and O–H groups in total. The zero-order valence-corrected chi connectivity index (χ0v) is 11.3. The highest BCUT2D eigenvalue weighted by Gasteiger charge is 2.21. The van der Waals surface area contributed by atoms with Crippen LogP contribution in [-0.2, 0) is 6.54 Å². The van der Waals surface area contributed by atoms with Gasteiger partial charge in [-0.05, 0) is 31.0 Å². The van der Waals surface area contributed by atoms with Gasteiger partial charge in [-0.1, -0.05) is 36.5 Å². The third-order valence-corrected chi connectivity index (χ3v) is 3.68. The van der Waals surface area contributed by atoms with Crippen LogP contribution in [0.5, 0.6) is 0 Å². The quantitative estimate of drug-likeness (QED) is 0.805. The lowest BCUT2D eigenvalue weighted by Crippen LogP contribution is -2.41. The Bertz CT molecular complexity index is 461. The van der Waals surface area contributed by atoms with E-state index in [4.69, 9.17) is 5.73 Å². The van der Waals surface area contributed by atoms with Crippen LogP contribution in [0.25, 0.3) is 0 Å². The number of benzene rings is 1. The molecule has 1 aliphatic heterocycles. The molecule has 3 heteroatoms. The summed E-state index contributed by atoms with van der Waals surface area (Å²) < 4.78 is 0. The average Bonchev–Trinajstić information content (AvgIpc) is 2.47. The standard InChI is InChI=1S/C16H22N2O/c17-10-5-8-14-6-1-2-7-15(14)12-18-11-4-3-9-16(18)13-19/h1-2,6-7,16,19H,3-4,9-13,17H2. The largest absolute Gasteiger partial charge is 0.395 e. The monoisotopic (exact) mass is 258 g/mol. The number of nitrogens with two attached hydrogens (primary N) is 1. The van der Waals surface area contributed by atoms with E-state index < -0.39 is 0 Å². The molecule has 2 rings (SSSR count). The average molecular weight is 258 g/mol. The molecule has 19 heavy (non-hydrogen) atoms. The van der Waals surface area contributed by atoms with Crippen molar-refractivity contribution in [3.8, 4) is 11.8 Å². The van der Waals surface area contributed by atoms with Gasteiger partial charge in [0.25, 0.3) is 0 Å². The van der Waals surface area contributed by atoms with Crippen molar-refractivity contribution in [2.45, 2.75) is 31.8 Å². The smallest absolute Gasteiger partial charge is 0.0586 e. The molecule has 1 saturated heterocycles. The van der Waals surface area contributed by atoms with Crippen LogP contribution in [0.4, 0.5) is 0 Å². The Morgan fingerprint density at radius 2 is 2.16 bits per heavy atom. The molecule has 102 valence electrons. The van der Waals surface area contributed by atoms with Crippen molar-refractivity contribution in [1.29, 1.82) is 0 Å². The van der Waals surface area contributed by atoms with Crippen molar-refractivity contribution in [2.75, 3.05) is 19.7 Å². The van der Waals surface area contributed by atoms with Crippen molar-refractivity contribution < 1.29 is 5.11 Å². The first-order valence-corrected chi connectivity index (χ1v) is 6.97. The molecule has 1 atom stereocenters. The fourth-order valence-corrected chi connectivity index (χ4v) is 2.62. The van der Waals surface area contributed by atoms with Crippen molar-refractivity contribution in [3.63, 3.8) is 0 Å². The minimum absolute atomic E-state index is 0.247. The maximum Gasteiger partial charge on any atom is 0.0586 e. The maximum atomic E-state index is 9.46. The third-order valence-electron chi connectivity index (χ3n) is 3.68. The van der Waals surface area contributed by atoms with Crippen LogP contribution < -0.4 is 5.73 Å². The van der Waals surface area contributed by atoms with Gasteiger partial charge in [-0.3, -0.25) is 4.90 Å². The van der Waals surface area contributed by atoms with Crippen molar-refractivity contribution in [1.82, 2.24) is 4.90 Å². The highest BCUT2D eigenvalue weighted by Crippen LogP contribution is 2.20. The number of nitrogens with zero attached hydrogens (tertiary/aromatic N) is 1. The first-order chi connectivity index (χ1) is 9.35. The first-order valence-electron chi connectivity index (χ1n) is 6.97. The molecule has 0 amide bonds. The van der Waals surface area contributed by atoms with Crippen LogP contribution in [0.1, 0.15) is 30.4 Å². The van der Waals surface area contributed by atoms with Crippen LogP contribution in [0, 0.1) is 11.8 Å². The normalized spacial score (nSPS) is 19.8. The van der Waals surface area contributed by atoms with Crippen LogP contribution in [0.2, 0.25) is 0 Å². The van der Waals surface area contributed by atoms with Gasteiger partial charge in [0.15, 0.2) is 0 Å². The molecule has 1 fully saturated rings. The molecule has 1 aliphatic rings. The molecule has 0 bridgehead atoms. The lowest BCUT2D eigenvalue weighted by Gasteiger charge is -2.34. The predicted octanol–water partition coefficient (Wildman–Crippen LogP) is 1.34. The van der Waals surface area contributed by atoms with Gasteiger partial charge in [-0.15, -0.1) is 0 Å². The molecule has 0 spiro atoms. The summed E-state index contributed by atoms with van der Waals surface area (Å²) in [5, 5.41) is 9.46. The predicted molar refractivity (Wildman–Crippen MR) is 77.5 cm³/mol. The minimum atomic E-state index is 0.247. The third kappa shape index (κ3) is 3.81. The summed E-state index contributed by atoms with van der Waals surface area (Å²) in [4.78, 5) is 2.37. The van der Waals surface area contributed by atoms with Crippen LogP contribution in [-0.4, -0.2) is 35.7 Å². The number of aliphatic hydroxyl groups excluding tert-OH is 1. The highest BCUT2D eigenvalue weighted by atomic mass is 16.3. The van der Waals surface area contributed by atoms with Gasteiger partial charge in [0, 0.05) is 18.2 Å². The van der Waals surface area contributed by atoms with E-state index in [1.165, 1.54) is 18.4 Å². The summed E-state index contributed by atoms with van der Waals surface area (Å²) in [6, 6.07) is 8.49. The minimum Gasteiger partial charge on any atom is -0.395 e. The summed E-state index contributed by atoms with van der Waals surface area (Å²) >= 11 is 0. The highest BCUT2D eigenvalue weighted by molar-refractivity contribution is 5.41. The topological polar surface area (TPSA) is 49.5 Å². The van der Waals surface area contributed by atoms with Gasteiger partial charge in [0.1, 0.15) is 0 Å². The van der Waals surface area contributed by atoms with E-state index in [1.807, 2.05) is 18.2 Å². The Hall–Kier alpha value is -1.34. The van der Waals surface area contributed by atoms with Gasteiger partial charge in [0.2, 0.25) is 0 Å². The first kappa shape index (κ1) is 14.1. The van der Waals surface area contributed by atoms with Crippen LogP contribution in [0.15, 0.2) is 24.3 Å². The zero-order chi connectivity index (χ0) is 13.5. The van der Waals surface area contributed by atoms with Crippen molar-refractivity contribution >= 4 is 0 Å². The van der Waals surface area contributed by atoms with E-state index >= 15 is 0 Å². The van der Waals surface area contributed by atoms with Gasteiger partial charge < -0.3 is 10.8 Å². The Balaban J connectivity index is 2.13. The molecular weight excluding hydrogens is 236 g/mol. The molecule has 1 unspecified atom stereocenters. The molecule has 0 aliphatic carbocycles. The number of hydrogen-bond donors (Lipinski definition) is 2. The van der Waals surface area contributed by atoms with E-state index in [1.54, 1.807) is 0 Å². The molecule has 0 aromatic heterocycles.